The van der Waals surface area contributed by atoms with Crippen LogP contribution in [0.5, 0.6) is 34.5 Å². The predicted octanol–water partition coefficient (Wildman–Crippen LogP) is -4.54. The van der Waals surface area contributed by atoms with Gasteiger partial charge in [0.05, 0.1) is 32.5 Å². The van der Waals surface area contributed by atoms with Crippen molar-refractivity contribution in [2.24, 2.45) is 0 Å². The number of benzene rings is 2. The van der Waals surface area contributed by atoms with Gasteiger partial charge in [-0.05, 0) is 18.2 Å². The number of aromatic hydroxyl groups is 4. The van der Waals surface area contributed by atoms with E-state index in [9.17, 15) is 71.5 Å². The van der Waals surface area contributed by atoms with E-state index < -0.39 is 135 Å². The van der Waals surface area contributed by atoms with Crippen LogP contribution in [0, 0.1) is 0 Å². The van der Waals surface area contributed by atoms with Crippen molar-refractivity contribution in [3.05, 3.63) is 41.2 Å². The van der Waals surface area contributed by atoms with Crippen molar-refractivity contribution in [2.75, 3.05) is 26.9 Å². The number of phenols is 4. The molecular weight excluding hydrogens is 760 g/mol. The summed E-state index contributed by atoms with van der Waals surface area (Å²) in [7, 11) is 1.22. The second-order valence-electron chi connectivity index (χ2n) is 13.5. The molecule has 2 aromatic rings. The summed E-state index contributed by atoms with van der Waals surface area (Å²) in [6.07, 6.45) is -26.3. The van der Waals surface area contributed by atoms with Gasteiger partial charge in [-0.25, -0.2) is 0 Å². The lowest BCUT2D eigenvalue weighted by molar-refractivity contribution is -0.341. The lowest BCUT2D eigenvalue weighted by Gasteiger charge is -2.44. The molecule has 0 aliphatic carbocycles. The first kappa shape index (κ1) is 41.8. The molecule has 0 aromatic heterocycles. The van der Waals surface area contributed by atoms with Gasteiger partial charge in [0.15, 0.2) is 30.2 Å². The monoisotopic (exact) mass is 804 g/mol. The molecule has 3 fully saturated rings. The van der Waals surface area contributed by atoms with E-state index in [0.717, 1.165) is 12.1 Å². The highest BCUT2D eigenvalue weighted by Crippen LogP contribution is 2.47. The molecular formula is C34H44O22. The second kappa shape index (κ2) is 17.0. The molecule has 0 bridgehead atoms. The van der Waals surface area contributed by atoms with Crippen LogP contribution in [-0.4, -0.2) is 191 Å². The number of phenolic OH excluding ortho intramolecular Hbond substituents is 4. The zero-order valence-electron chi connectivity index (χ0n) is 29.3. The fourth-order valence-corrected chi connectivity index (χ4v) is 6.55. The molecule has 4 aliphatic rings. The molecule has 16 atom stereocenters. The standard InChI is InChI=1S/C34H44O22/c1-49-16-3-10(2-14(38)21(16)39)31-17(6-12-13(37)4-11(36)5-15(12)52-31)53-34-30(48)27(45)24(42)20(56-34)9-51-33-29(47)26(44)23(41)19(55-33)8-50-32-28(46)25(43)22(40)18(7-35)54-32/h2-6,18-20,22-48H,7-9H2,1H3/t18-,19-,20-,22-,23-,24-,25+,26+,27+,28-,29-,30+,31?,32-,33-,34-/m1/s1. The molecule has 2 aromatic carbocycles. The quantitative estimate of drug-likeness (QED) is 0.0951. The van der Waals surface area contributed by atoms with Crippen molar-refractivity contribution in [3.8, 4) is 34.5 Å². The molecule has 22 heteroatoms. The molecule has 0 saturated carbocycles. The van der Waals surface area contributed by atoms with Crippen molar-refractivity contribution in [1.29, 1.82) is 0 Å². The van der Waals surface area contributed by atoms with Gasteiger partial charge in [-0.1, -0.05) is 0 Å². The lowest BCUT2D eigenvalue weighted by atomic mass is 9.97. The lowest BCUT2D eigenvalue weighted by Crippen LogP contribution is -2.62. The van der Waals surface area contributed by atoms with Gasteiger partial charge in [0.2, 0.25) is 12.0 Å². The van der Waals surface area contributed by atoms with Gasteiger partial charge in [0.25, 0.3) is 0 Å². The zero-order valence-corrected chi connectivity index (χ0v) is 29.3. The van der Waals surface area contributed by atoms with E-state index in [4.69, 9.17) is 37.9 Å². The smallest absolute Gasteiger partial charge is 0.228 e. The van der Waals surface area contributed by atoms with E-state index in [1.54, 1.807) is 0 Å². The van der Waals surface area contributed by atoms with E-state index in [2.05, 4.69) is 0 Å². The van der Waals surface area contributed by atoms with Crippen molar-refractivity contribution in [1.82, 2.24) is 0 Å². The van der Waals surface area contributed by atoms with Gasteiger partial charge in [-0.3, -0.25) is 0 Å². The Kier molecular flexibility index (Phi) is 12.7. The maximum absolute atomic E-state index is 10.9. The number of aliphatic hydroxyl groups excluding tert-OH is 10. The summed E-state index contributed by atoms with van der Waals surface area (Å²) < 4.78 is 44.7. The summed E-state index contributed by atoms with van der Waals surface area (Å²) in [5.74, 6) is -2.48. The maximum atomic E-state index is 10.9. The third-order valence-electron chi connectivity index (χ3n) is 9.78. The molecule has 4 heterocycles. The van der Waals surface area contributed by atoms with Crippen molar-refractivity contribution in [2.45, 2.75) is 98.2 Å². The SMILES string of the molecule is COc1cc(C2Oc3cc(O)cc(O)c3C=C2O[C@@H]2O[C@H](CO[C@@H]3O[C@H](CO[C@@H]4O[C@H](CO)[C@@H](O)[C@H](O)[C@H]4O)[C@@H](O)[C@H](O)[C@H]3O)[C@@H](O)[C@H](O)[C@@H]2O)cc(O)c1O. The van der Waals surface area contributed by atoms with Crippen LogP contribution < -0.4 is 9.47 Å². The molecule has 14 N–H and O–H groups in total. The van der Waals surface area contributed by atoms with Crippen LogP contribution in [0.1, 0.15) is 17.2 Å². The molecule has 4 aliphatic heterocycles. The molecule has 0 radical (unpaired) electrons. The van der Waals surface area contributed by atoms with Gasteiger partial charge in [-0.2, -0.15) is 0 Å². The topological polar surface area (TPSA) is 357 Å². The third kappa shape index (κ3) is 8.13. The number of rotatable bonds is 11. The minimum Gasteiger partial charge on any atom is -0.508 e. The Bertz CT molecular complexity index is 1710. The highest BCUT2D eigenvalue weighted by Gasteiger charge is 2.50. The number of hydrogen-bond acceptors (Lipinski definition) is 22. The van der Waals surface area contributed by atoms with Crippen LogP contribution >= 0.6 is 0 Å². The van der Waals surface area contributed by atoms with E-state index >= 15 is 0 Å². The number of fused-ring (bicyclic) bond motifs is 1. The van der Waals surface area contributed by atoms with E-state index in [0.29, 0.717) is 0 Å². The Morgan fingerprint density at radius 1 is 0.589 bits per heavy atom. The molecule has 56 heavy (non-hydrogen) atoms. The van der Waals surface area contributed by atoms with Gasteiger partial charge in [0.1, 0.15) is 96.3 Å². The summed E-state index contributed by atoms with van der Waals surface area (Å²) in [6, 6.07) is 4.57. The molecule has 22 nitrogen and oxygen atoms in total. The molecule has 312 valence electrons. The first-order chi connectivity index (χ1) is 26.5. The van der Waals surface area contributed by atoms with Crippen molar-refractivity contribution >= 4 is 6.08 Å². The Hall–Kier alpha value is -3.82. The minimum absolute atomic E-state index is 0.00374. The van der Waals surface area contributed by atoms with Gasteiger partial charge < -0.3 is 109 Å². The first-order valence-corrected chi connectivity index (χ1v) is 17.2. The van der Waals surface area contributed by atoms with Crippen molar-refractivity contribution in [3.63, 3.8) is 0 Å². The number of methoxy groups -OCH3 is 1. The Labute approximate surface area is 316 Å². The molecule has 3 saturated heterocycles. The fourth-order valence-electron chi connectivity index (χ4n) is 6.55. The minimum atomic E-state index is -1.95. The first-order valence-electron chi connectivity index (χ1n) is 17.2. The molecule has 0 amide bonds. The summed E-state index contributed by atoms with van der Waals surface area (Å²) in [6.45, 7) is -2.12. The average Bonchev–Trinajstić information content (AvgIpc) is 3.17. The van der Waals surface area contributed by atoms with Crippen LogP contribution in [0.4, 0.5) is 0 Å². The molecule has 0 spiro atoms. The highest BCUT2D eigenvalue weighted by atomic mass is 16.7. The van der Waals surface area contributed by atoms with Crippen LogP contribution in [0.25, 0.3) is 6.08 Å². The summed E-state index contributed by atoms with van der Waals surface area (Å²) >= 11 is 0. The Balaban J connectivity index is 1.17. The van der Waals surface area contributed by atoms with Gasteiger partial charge in [0, 0.05) is 17.7 Å². The summed E-state index contributed by atoms with van der Waals surface area (Å²) in [4.78, 5) is 0. The van der Waals surface area contributed by atoms with Gasteiger partial charge in [-0.15, -0.1) is 0 Å². The van der Waals surface area contributed by atoms with Crippen LogP contribution in [0.2, 0.25) is 0 Å². The largest absolute Gasteiger partial charge is 0.508 e. The summed E-state index contributed by atoms with van der Waals surface area (Å²) in [5, 5.41) is 145. The number of aliphatic hydroxyl groups is 10. The number of ether oxygens (including phenoxy) is 8. The number of hydrogen-bond donors (Lipinski definition) is 14. The molecule has 6 rings (SSSR count). The zero-order chi connectivity index (χ0) is 40.7. The third-order valence-corrected chi connectivity index (χ3v) is 9.78. The fraction of sp³-hybridized carbons (Fsp3) is 0.588. The van der Waals surface area contributed by atoms with E-state index in [1.807, 2.05) is 0 Å². The normalized spacial score (nSPS) is 38.6. The van der Waals surface area contributed by atoms with Crippen LogP contribution in [0.3, 0.4) is 0 Å². The average molecular weight is 805 g/mol. The van der Waals surface area contributed by atoms with Crippen LogP contribution in [0.15, 0.2) is 30.0 Å². The Morgan fingerprint density at radius 2 is 1.11 bits per heavy atom. The summed E-state index contributed by atoms with van der Waals surface area (Å²) in [5.41, 5.74) is 0.0981. The van der Waals surface area contributed by atoms with E-state index in [1.165, 1.54) is 25.3 Å². The van der Waals surface area contributed by atoms with Crippen LogP contribution in [-0.2, 0) is 28.4 Å². The molecule has 1 unspecified atom stereocenters. The van der Waals surface area contributed by atoms with Crippen molar-refractivity contribution < 1.29 is 109 Å². The van der Waals surface area contributed by atoms with E-state index in [-0.39, 0.29) is 34.1 Å². The predicted molar refractivity (Wildman–Crippen MR) is 178 cm³/mol. The second-order valence-corrected chi connectivity index (χ2v) is 13.5. The van der Waals surface area contributed by atoms with Gasteiger partial charge >= 0.3 is 0 Å². The highest BCUT2D eigenvalue weighted by molar-refractivity contribution is 5.70. The maximum Gasteiger partial charge on any atom is 0.228 e. The Morgan fingerprint density at radius 3 is 1.66 bits per heavy atom.